The average molecular weight is 682 g/mol. The van der Waals surface area contributed by atoms with Gasteiger partial charge in [0.15, 0.2) is 6.61 Å². The standard InChI is InChI=1S/C38H36FN3O6S/c1-47-33-18-12-30(13-19-33)26-42(36(24-28-8-4-2-5-9-28)38(44)40-25-29-10-6-3-7-11-29)37(43)27-48-34-20-22-35(23-21-34)49(45,46)41-32-16-14-31(39)15-17-32/h2-23,36,41H,24-27H2,1H3,(H,40,44). The third-order valence-corrected chi connectivity index (χ3v) is 9.08. The molecule has 0 saturated carbocycles. The molecule has 49 heavy (non-hydrogen) atoms. The van der Waals surface area contributed by atoms with E-state index in [0.717, 1.165) is 28.8 Å². The van der Waals surface area contributed by atoms with Gasteiger partial charge in [0.1, 0.15) is 23.4 Å². The quantitative estimate of drug-likeness (QED) is 0.141. The van der Waals surface area contributed by atoms with E-state index in [1.54, 1.807) is 19.2 Å². The highest BCUT2D eigenvalue weighted by Gasteiger charge is 2.31. The van der Waals surface area contributed by atoms with Gasteiger partial charge in [-0.05, 0) is 77.4 Å². The van der Waals surface area contributed by atoms with Crippen LogP contribution in [0.3, 0.4) is 0 Å². The zero-order valence-corrected chi connectivity index (χ0v) is 27.6. The smallest absolute Gasteiger partial charge is 0.261 e. The minimum atomic E-state index is -3.96. The Morgan fingerprint density at radius 2 is 1.33 bits per heavy atom. The normalized spacial score (nSPS) is 11.6. The topological polar surface area (TPSA) is 114 Å². The largest absolute Gasteiger partial charge is 0.497 e. The van der Waals surface area contributed by atoms with E-state index in [4.69, 9.17) is 9.47 Å². The average Bonchev–Trinajstić information content (AvgIpc) is 3.13. The van der Waals surface area contributed by atoms with Gasteiger partial charge in [-0.2, -0.15) is 0 Å². The van der Waals surface area contributed by atoms with Crippen LogP contribution in [-0.2, 0) is 39.1 Å². The first-order chi connectivity index (χ1) is 23.7. The van der Waals surface area contributed by atoms with E-state index in [9.17, 15) is 22.4 Å². The van der Waals surface area contributed by atoms with Gasteiger partial charge in [-0.1, -0.05) is 72.8 Å². The van der Waals surface area contributed by atoms with Gasteiger partial charge in [0.2, 0.25) is 5.91 Å². The maximum Gasteiger partial charge on any atom is 0.261 e. The van der Waals surface area contributed by atoms with Crippen LogP contribution in [-0.4, -0.2) is 44.9 Å². The van der Waals surface area contributed by atoms with E-state index in [0.29, 0.717) is 5.75 Å². The summed E-state index contributed by atoms with van der Waals surface area (Å²) < 4.78 is 52.5. The number of hydrogen-bond acceptors (Lipinski definition) is 6. The summed E-state index contributed by atoms with van der Waals surface area (Å²) in [6.45, 7) is -0.000675. The Hall–Kier alpha value is -5.68. The Kier molecular flexibility index (Phi) is 11.6. The van der Waals surface area contributed by atoms with Crippen molar-refractivity contribution in [1.82, 2.24) is 10.2 Å². The summed E-state index contributed by atoms with van der Waals surface area (Å²) >= 11 is 0. The molecule has 5 rings (SSSR count). The first-order valence-corrected chi connectivity index (χ1v) is 17.0. The lowest BCUT2D eigenvalue weighted by Crippen LogP contribution is -2.51. The van der Waals surface area contributed by atoms with E-state index < -0.39 is 34.4 Å². The fourth-order valence-electron chi connectivity index (χ4n) is 5.06. The summed E-state index contributed by atoms with van der Waals surface area (Å²) in [5.41, 5.74) is 2.79. The van der Waals surface area contributed by atoms with Gasteiger partial charge in [0.25, 0.3) is 15.9 Å². The summed E-state index contributed by atoms with van der Waals surface area (Å²) in [5, 5.41) is 3.00. The van der Waals surface area contributed by atoms with Gasteiger partial charge < -0.3 is 19.7 Å². The molecule has 1 unspecified atom stereocenters. The number of carbonyl (C=O) groups excluding carboxylic acids is 2. The molecule has 0 aromatic heterocycles. The van der Waals surface area contributed by atoms with Crippen molar-refractivity contribution < 1.29 is 31.9 Å². The van der Waals surface area contributed by atoms with Crippen molar-refractivity contribution in [2.24, 2.45) is 0 Å². The molecule has 11 heteroatoms. The number of benzene rings is 5. The Morgan fingerprint density at radius 1 is 0.735 bits per heavy atom. The lowest BCUT2D eigenvalue weighted by atomic mass is 10.0. The van der Waals surface area contributed by atoms with Crippen molar-refractivity contribution >= 4 is 27.5 Å². The lowest BCUT2D eigenvalue weighted by Gasteiger charge is -2.31. The summed E-state index contributed by atoms with van der Waals surface area (Å²) in [6.07, 6.45) is 0.261. The SMILES string of the molecule is COc1ccc(CN(C(=O)COc2ccc(S(=O)(=O)Nc3ccc(F)cc3)cc2)C(Cc2ccccc2)C(=O)NCc2ccccc2)cc1. The lowest BCUT2D eigenvalue weighted by molar-refractivity contribution is -0.142. The molecule has 0 spiro atoms. The van der Waals surface area contributed by atoms with E-state index in [1.165, 1.54) is 41.3 Å². The Balaban J connectivity index is 1.35. The monoisotopic (exact) mass is 681 g/mol. The highest BCUT2D eigenvalue weighted by Crippen LogP contribution is 2.21. The number of nitrogens with zero attached hydrogens (tertiary/aromatic N) is 1. The predicted octanol–water partition coefficient (Wildman–Crippen LogP) is 5.97. The molecule has 0 aliphatic heterocycles. The van der Waals surface area contributed by atoms with Crippen LogP contribution in [0.5, 0.6) is 11.5 Å². The molecule has 0 bridgehead atoms. The van der Waals surface area contributed by atoms with E-state index in [-0.39, 0.29) is 41.7 Å². The number of amides is 2. The zero-order chi connectivity index (χ0) is 34.6. The molecule has 252 valence electrons. The second kappa shape index (κ2) is 16.4. The maximum atomic E-state index is 14.0. The highest BCUT2D eigenvalue weighted by molar-refractivity contribution is 7.92. The molecule has 1 atom stereocenters. The Morgan fingerprint density at radius 3 is 1.94 bits per heavy atom. The van der Waals surface area contributed by atoms with E-state index >= 15 is 0 Å². The predicted molar refractivity (Wildman–Crippen MR) is 185 cm³/mol. The molecule has 0 saturated heterocycles. The van der Waals surface area contributed by atoms with Crippen molar-refractivity contribution in [3.63, 3.8) is 0 Å². The van der Waals surface area contributed by atoms with Crippen molar-refractivity contribution in [1.29, 1.82) is 0 Å². The highest BCUT2D eigenvalue weighted by atomic mass is 32.2. The number of carbonyl (C=O) groups is 2. The first kappa shape index (κ1) is 34.6. The Labute approximate surface area is 285 Å². The van der Waals surface area contributed by atoms with Crippen LogP contribution in [0.4, 0.5) is 10.1 Å². The minimum Gasteiger partial charge on any atom is -0.497 e. The maximum absolute atomic E-state index is 14.0. The van der Waals surface area contributed by atoms with Crippen molar-refractivity contribution in [3.05, 3.63) is 156 Å². The molecule has 2 N–H and O–H groups in total. The van der Waals surface area contributed by atoms with Crippen LogP contribution in [0.15, 0.2) is 138 Å². The van der Waals surface area contributed by atoms with Gasteiger partial charge in [-0.15, -0.1) is 0 Å². The molecule has 0 fully saturated rings. The number of hydrogen-bond donors (Lipinski definition) is 2. The van der Waals surface area contributed by atoms with Crippen molar-refractivity contribution in [2.45, 2.75) is 30.4 Å². The molecule has 9 nitrogen and oxygen atoms in total. The Bertz CT molecular complexity index is 1920. The number of nitrogens with one attached hydrogen (secondary N) is 2. The van der Waals surface area contributed by atoms with Gasteiger partial charge in [-0.25, -0.2) is 12.8 Å². The van der Waals surface area contributed by atoms with Gasteiger partial charge in [-0.3, -0.25) is 14.3 Å². The second-order valence-electron chi connectivity index (χ2n) is 11.2. The molecule has 5 aromatic carbocycles. The number of rotatable bonds is 15. The van der Waals surface area contributed by atoms with Gasteiger partial charge in [0, 0.05) is 25.2 Å². The summed E-state index contributed by atoms with van der Waals surface area (Å²) in [6, 6.07) is 35.8. The van der Waals surface area contributed by atoms with Crippen LogP contribution in [0.2, 0.25) is 0 Å². The second-order valence-corrected chi connectivity index (χ2v) is 12.8. The third-order valence-electron chi connectivity index (χ3n) is 7.69. The molecule has 2 amide bonds. The van der Waals surface area contributed by atoms with Crippen LogP contribution in [0, 0.1) is 5.82 Å². The zero-order valence-electron chi connectivity index (χ0n) is 26.8. The van der Waals surface area contributed by atoms with E-state index in [1.807, 2.05) is 72.8 Å². The van der Waals surface area contributed by atoms with Crippen LogP contribution in [0.1, 0.15) is 16.7 Å². The third kappa shape index (κ3) is 9.91. The molecule has 5 aromatic rings. The fraction of sp³-hybridized carbons (Fsp3) is 0.158. The fourth-order valence-corrected chi connectivity index (χ4v) is 6.12. The number of halogens is 1. The number of ether oxygens (including phenoxy) is 2. The van der Waals surface area contributed by atoms with Crippen molar-refractivity contribution in [2.75, 3.05) is 18.4 Å². The van der Waals surface area contributed by atoms with Crippen LogP contribution >= 0.6 is 0 Å². The molecular formula is C38H36FN3O6S. The number of methoxy groups -OCH3 is 1. The molecule has 0 radical (unpaired) electrons. The van der Waals surface area contributed by atoms with Crippen LogP contribution < -0.4 is 19.5 Å². The summed E-state index contributed by atoms with van der Waals surface area (Å²) in [4.78, 5) is 29.3. The molecule has 0 aliphatic carbocycles. The van der Waals surface area contributed by atoms with Crippen LogP contribution in [0.25, 0.3) is 0 Å². The first-order valence-electron chi connectivity index (χ1n) is 15.5. The number of anilines is 1. The number of sulfonamides is 1. The minimum absolute atomic E-state index is 0.0466. The van der Waals surface area contributed by atoms with Crippen molar-refractivity contribution in [3.8, 4) is 11.5 Å². The molecule has 0 aliphatic rings. The van der Waals surface area contributed by atoms with Gasteiger partial charge >= 0.3 is 0 Å². The summed E-state index contributed by atoms with van der Waals surface area (Å²) in [7, 11) is -2.39. The molecule has 0 heterocycles. The van der Waals surface area contributed by atoms with Gasteiger partial charge in [0.05, 0.1) is 12.0 Å². The molecular weight excluding hydrogens is 645 g/mol. The summed E-state index contributed by atoms with van der Waals surface area (Å²) in [5.74, 6) is -0.337. The van der Waals surface area contributed by atoms with E-state index in [2.05, 4.69) is 10.0 Å².